The van der Waals surface area contributed by atoms with E-state index < -0.39 is 5.82 Å². The summed E-state index contributed by atoms with van der Waals surface area (Å²) in [5.74, 6) is -0.273. The van der Waals surface area contributed by atoms with E-state index in [0.717, 1.165) is 15.7 Å². The minimum atomic E-state index is -0.461. The van der Waals surface area contributed by atoms with Gasteiger partial charge in [-0.1, -0.05) is 22.0 Å². The average Bonchev–Trinajstić information content (AvgIpc) is 2.39. The van der Waals surface area contributed by atoms with Gasteiger partial charge in [0.2, 0.25) is 0 Å². The lowest BCUT2D eigenvalue weighted by atomic mass is 10.2. The van der Waals surface area contributed by atoms with Gasteiger partial charge in [0, 0.05) is 22.3 Å². The Morgan fingerprint density at radius 1 is 1.24 bits per heavy atom. The maximum Gasteiger partial charge on any atom is 0.167 e. The Kier molecular flexibility index (Phi) is 4.73. The average molecular weight is 353 g/mol. The van der Waals surface area contributed by atoms with Crippen LogP contribution in [0.2, 0.25) is 0 Å². The van der Waals surface area contributed by atoms with Gasteiger partial charge >= 0.3 is 0 Å². The van der Waals surface area contributed by atoms with E-state index in [-0.39, 0.29) is 11.9 Å². The monoisotopic (exact) mass is 352 g/mol. The van der Waals surface area contributed by atoms with Gasteiger partial charge in [-0.15, -0.1) is 0 Å². The van der Waals surface area contributed by atoms with Gasteiger partial charge in [-0.25, -0.2) is 4.39 Å². The van der Waals surface area contributed by atoms with Crippen molar-refractivity contribution >= 4 is 33.0 Å². The number of anilines is 3. The predicted molar refractivity (Wildman–Crippen MR) is 88.7 cm³/mol. The van der Waals surface area contributed by atoms with Crippen LogP contribution in [0.4, 0.5) is 21.5 Å². The first-order chi connectivity index (χ1) is 9.86. The molecule has 21 heavy (non-hydrogen) atoms. The van der Waals surface area contributed by atoms with E-state index in [4.69, 9.17) is 10.5 Å². The molecular weight excluding hydrogens is 335 g/mol. The van der Waals surface area contributed by atoms with Gasteiger partial charge in [0.25, 0.3) is 0 Å². The summed E-state index contributed by atoms with van der Waals surface area (Å²) in [6.07, 6.45) is -0.107. The quantitative estimate of drug-likeness (QED) is 0.760. The van der Waals surface area contributed by atoms with E-state index in [1.807, 2.05) is 39.0 Å². The molecule has 0 spiro atoms. The van der Waals surface area contributed by atoms with Crippen LogP contribution in [0.25, 0.3) is 0 Å². The second-order valence-corrected chi connectivity index (χ2v) is 5.98. The van der Waals surface area contributed by atoms with E-state index in [1.165, 1.54) is 6.07 Å². The third-order valence-corrected chi connectivity index (χ3v) is 3.77. The van der Waals surface area contributed by atoms with Crippen molar-refractivity contribution in [2.45, 2.75) is 26.9 Å². The molecule has 0 atom stereocenters. The summed E-state index contributed by atoms with van der Waals surface area (Å²) in [5, 5.41) is 3.18. The van der Waals surface area contributed by atoms with Gasteiger partial charge in [0.15, 0.2) is 11.6 Å². The van der Waals surface area contributed by atoms with Crippen LogP contribution in [0.5, 0.6) is 5.75 Å². The molecule has 0 heterocycles. The van der Waals surface area contributed by atoms with Crippen LogP contribution in [0.3, 0.4) is 0 Å². The van der Waals surface area contributed by atoms with Crippen molar-refractivity contribution in [2.24, 2.45) is 0 Å². The van der Waals surface area contributed by atoms with Crippen LogP contribution in [0.1, 0.15) is 19.4 Å². The predicted octanol–water partition coefficient (Wildman–Crippen LogP) is 5.01. The number of nitrogen functional groups attached to an aromatic ring is 1. The molecule has 2 aromatic rings. The maximum absolute atomic E-state index is 13.8. The van der Waals surface area contributed by atoms with Crippen molar-refractivity contribution in [1.82, 2.24) is 0 Å². The fourth-order valence-electron chi connectivity index (χ4n) is 1.85. The Bertz CT molecular complexity index is 659. The number of rotatable bonds is 4. The largest absolute Gasteiger partial charge is 0.488 e. The molecule has 0 saturated heterocycles. The van der Waals surface area contributed by atoms with Gasteiger partial charge in [0.1, 0.15) is 0 Å². The molecule has 0 amide bonds. The minimum Gasteiger partial charge on any atom is -0.488 e. The Hall–Kier alpha value is -1.75. The molecule has 2 aromatic carbocycles. The molecule has 2 rings (SSSR count). The van der Waals surface area contributed by atoms with E-state index >= 15 is 0 Å². The highest BCUT2D eigenvalue weighted by molar-refractivity contribution is 9.10. The van der Waals surface area contributed by atoms with E-state index in [1.54, 1.807) is 6.07 Å². The zero-order valence-corrected chi connectivity index (χ0v) is 13.8. The summed E-state index contributed by atoms with van der Waals surface area (Å²) in [5.41, 5.74) is 8.81. The summed E-state index contributed by atoms with van der Waals surface area (Å²) >= 11 is 3.48. The molecule has 0 aromatic heterocycles. The minimum absolute atomic E-state index is 0.107. The van der Waals surface area contributed by atoms with Crippen molar-refractivity contribution in [1.29, 1.82) is 0 Å². The molecule has 0 bridgehead atoms. The first-order valence-corrected chi connectivity index (χ1v) is 7.45. The molecule has 0 aliphatic carbocycles. The molecule has 112 valence electrons. The summed E-state index contributed by atoms with van der Waals surface area (Å²) in [4.78, 5) is 0. The molecule has 3 N–H and O–H groups in total. The molecular formula is C16H18BrFN2O. The van der Waals surface area contributed by atoms with Crippen molar-refractivity contribution in [3.8, 4) is 5.75 Å². The zero-order valence-electron chi connectivity index (χ0n) is 12.2. The van der Waals surface area contributed by atoms with Crippen LogP contribution in [0.15, 0.2) is 34.8 Å². The van der Waals surface area contributed by atoms with Gasteiger partial charge in [0.05, 0.1) is 17.5 Å². The summed E-state index contributed by atoms with van der Waals surface area (Å²) in [7, 11) is 0. The first kappa shape index (κ1) is 15.6. The zero-order chi connectivity index (χ0) is 15.6. The number of hydrogen-bond donors (Lipinski definition) is 2. The van der Waals surface area contributed by atoms with Crippen molar-refractivity contribution in [3.63, 3.8) is 0 Å². The Morgan fingerprint density at radius 3 is 2.57 bits per heavy atom. The smallest absolute Gasteiger partial charge is 0.167 e. The Balaban J connectivity index is 2.32. The summed E-state index contributed by atoms with van der Waals surface area (Å²) in [6.45, 7) is 5.70. The lowest BCUT2D eigenvalue weighted by molar-refractivity contribution is 0.231. The summed E-state index contributed by atoms with van der Waals surface area (Å²) in [6, 6.07) is 8.71. The summed E-state index contributed by atoms with van der Waals surface area (Å²) < 4.78 is 20.2. The number of nitrogens with one attached hydrogen (secondary N) is 1. The van der Waals surface area contributed by atoms with Gasteiger partial charge in [-0.2, -0.15) is 0 Å². The number of nitrogens with two attached hydrogens (primary N) is 1. The van der Waals surface area contributed by atoms with Gasteiger partial charge in [-0.3, -0.25) is 0 Å². The lowest BCUT2D eigenvalue weighted by Gasteiger charge is -2.15. The molecule has 0 fully saturated rings. The van der Waals surface area contributed by atoms with Crippen LogP contribution in [0, 0.1) is 12.7 Å². The van der Waals surface area contributed by atoms with Crippen molar-refractivity contribution in [3.05, 3.63) is 46.2 Å². The number of hydrogen-bond acceptors (Lipinski definition) is 3. The highest BCUT2D eigenvalue weighted by Crippen LogP contribution is 2.32. The molecule has 0 aliphatic rings. The van der Waals surface area contributed by atoms with Crippen LogP contribution >= 0.6 is 15.9 Å². The fraction of sp³-hybridized carbons (Fsp3) is 0.250. The Labute approximate surface area is 132 Å². The van der Waals surface area contributed by atoms with E-state index in [2.05, 4.69) is 21.2 Å². The van der Waals surface area contributed by atoms with Gasteiger partial charge < -0.3 is 15.8 Å². The Morgan fingerprint density at radius 2 is 1.95 bits per heavy atom. The SMILES string of the molecule is Cc1ccc(Nc2cc(OC(C)C)c(F)cc2N)cc1Br. The normalized spacial score (nSPS) is 10.8. The molecule has 0 radical (unpaired) electrons. The number of halogens is 2. The van der Waals surface area contributed by atoms with E-state index in [0.29, 0.717) is 11.4 Å². The highest BCUT2D eigenvalue weighted by atomic mass is 79.9. The highest BCUT2D eigenvalue weighted by Gasteiger charge is 2.11. The van der Waals surface area contributed by atoms with E-state index in [9.17, 15) is 4.39 Å². The third-order valence-electron chi connectivity index (χ3n) is 2.92. The second kappa shape index (κ2) is 6.35. The molecule has 3 nitrogen and oxygen atoms in total. The molecule has 0 unspecified atom stereocenters. The molecule has 5 heteroatoms. The van der Waals surface area contributed by atoms with Gasteiger partial charge in [-0.05, 0) is 38.5 Å². The van der Waals surface area contributed by atoms with Crippen LogP contribution in [-0.2, 0) is 0 Å². The van der Waals surface area contributed by atoms with Crippen molar-refractivity contribution in [2.75, 3.05) is 11.1 Å². The number of benzene rings is 2. The number of aryl methyl sites for hydroxylation is 1. The standard InChI is InChI=1S/C16H18BrFN2O/c1-9(2)21-16-8-15(14(19)7-13(16)18)20-11-5-4-10(3)12(17)6-11/h4-9,20H,19H2,1-3H3. The first-order valence-electron chi connectivity index (χ1n) is 6.65. The van der Waals surface area contributed by atoms with Crippen molar-refractivity contribution < 1.29 is 9.13 Å². The topological polar surface area (TPSA) is 47.3 Å². The molecule has 0 saturated carbocycles. The second-order valence-electron chi connectivity index (χ2n) is 5.13. The van der Waals surface area contributed by atoms with Crippen LogP contribution in [-0.4, -0.2) is 6.10 Å². The van der Waals surface area contributed by atoms with Crippen LogP contribution < -0.4 is 15.8 Å². The fourth-order valence-corrected chi connectivity index (χ4v) is 2.23. The number of ether oxygens (including phenoxy) is 1. The molecule has 0 aliphatic heterocycles. The lowest BCUT2D eigenvalue weighted by Crippen LogP contribution is -2.08. The maximum atomic E-state index is 13.8. The third kappa shape index (κ3) is 3.88.